The molecule has 0 saturated heterocycles. The van der Waals surface area contributed by atoms with Gasteiger partial charge < -0.3 is 10.4 Å². The number of hydrogen-bond acceptors (Lipinski definition) is 4. The van der Waals surface area contributed by atoms with Crippen LogP contribution in [0.3, 0.4) is 0 Å². The number of carboxylic acid groups (broad SMARTS) is 1. The predicted octanol–water partition coefficient (Wildman–Crippen LogP) is 3.41. The number of anilines is 1. The average Bonchev–Trinajstić information content (AvgIpc) is 3.15. The Morgan fingerprint density at radius 2 is 2.12 bits per heavy atom. The normalized spacial score (nSPS) is 15.4. The molecule has 128 valence electrons. The van der Waals surface area contributed by atoms with E-state index >= 15 is 0 Å². The molecule has 1 aliphatic carbocycles. The van der Waals surface area contributed by atoms with Crippen LogP contribution in [0.5, 0.6) is 0 Å². The Hall–Kier alpha value is -2.15. The lowest BCUT2D eigenvalue weighted by Gasteiger charge is -2.20. The summed E-state index contributed by atoms with van der Waals surface area (Å²) in [6.45, 7) is 0. The van der Waals surface area contributed by atoms with Crippen LogP contribution in [-0.2, 0) is 18.3 Å². The van der Waals surface area contributed by atoms with Crippen LogP contribution in [-0.4, -0.2) is 26.8 Å². The number of carbonyl (C=O) groups excluding carboxylic acids is 1. The number of nitrogens with zero attached hydrogens (tertiary/aromatic N) is 2. The summed E-state index contributed by atoms with van der Waals surface area (Å²) >= 11 is 1.14. The number of aromatic nitrogens is 2. The van der Waals surface area contributed by atoms with Crippen molar-refractivity contribution in [1.82, 2.24) is 9.78 Å². The van der Waals surface area contributed by atoms with Crippen LogP contribution in [0.4, 0.5) is 5.69 Å². The monoisotopic (exact) mass is 347 g/mol. The summed E-state index contributed by atoms with van der Waals surface area (Å²) in [4.78, 5) is 23.5. The Kier molecular flexibility index (Phi) is 4.99. The maximum Gasteiger partial charge on any atom is 0.345 e. The molecule has 0 aromatic carbocycles. The van der Waals surface area contributed by atoms with Crippen LogP contribution < -0.4 is 5.32 Å². The van der Waals surface area contributed by atoms with Gasteiger partial charge in [0, 0.05) is 19.2 Å². The van der Waals surface area contributed by atoms with Crippen molar-refractivity contribution in [2.24, 2.45) is 7.05 Å². The van der Waals surface area contributed by atoms with Crippen molar-refractivity contribution in [3.8, 4) is 0 Å². The number of carbonyl (C=O) groups is 2. The Bertz CT molecular complexity index is 744. The van der Waals surface area contributed by atoms with E-state index in [1.54, 1.807) is 16.1 Å². The zero-order valence-corrected chi connectivity index (χ0v) is 14.4. The third-order valence-corrected chi connectivity index (χ3v) is 5.32. The van der Waals surface area contributed by atoms with Crippen molar-refractivity contribution in [2.75, 3.05) is 5.32 Å². The smallest absolute Gasteiger partial charge is 0.345 e. The van der Waals surface area contributed by atoms with Gasteiger partial charge in [0.1, 0.15) is 4.88 Å². The van der Waals surface area contributed by atoms with Crippen LogP contribution >= 0.6 is 11.3 Å². The molecule has 1 aliphatic rings. The maximum absolute atomic E-state index is 12.3. The molecule has 24 heavy (non-hydrogen) atoms. The molecule has 0 spiro atoms. The topological polar surface area (TPSA) is 84.2 Å². The zero-order chi connectivity index (χ0) is 17.1. The van der Waals surface area contributed by atoms with Crippen molar-refractivity contribution >= 4 is 28.9 Å². The number of hydrogen-bond donors (Lipinski definition) is 2. The highest BCUT2D eigenvalue weighted by Crippen LogP contribution is 2.35. The summed E-state index contributed by atoms with van der Waals surface area (Å²) in [5, 5.41) is 18.2. The third kappa shape index (κ3) is 3.84. The van der Waals surface area contributed by atoms with Crippen LogP contribution in [0.1, 0.15) is 59.0 Å². The first-order valence-electron chi connectivity index (χ1n) is 8.17. The van der Waals surface area contributed by atoms with Gasteiger partial charge in [-0.15, -0.1) is 11.3 Å². The number of aromatic carboxylic acids is 1. The Balaban J connectivity index is 1.68. The molecule has 0 radical (unpaired) electrons. The van der Waals surface area contributed by atoms with Gasteiger partial charge in [0.25, 0.3) is 0 Å². The molecule has 2 heterocycles. The number of amides is 1. The van der Waals surface area contributed by atoms with Crippen molar-refractivity contribution in [3.63, 3.8) is 0 Å². The van der Waals surface area contributed by atoms with Crippen LogP contribution in [0.15, 0.2) is 17.6 Å². The minimum Gasteiger partial charge on any atom is -0.477 e. The number of rotatable bonds is 5. The van der Waals surface area contributed by atoms with Crippen LogP contribution in [0.25, 0.3) is 0 Å². The first-order chi connectivity index (χ1) is 11.5. The molecule has 1 saturated carbocycles. The zero-order valence-electron chi connectivity index (χ0n) is 13.6. The highest BCUT2D eigenvalue weighted by molar-refractivity contribution is 7.12. The lowest BCUT2D eigenvalue weighted by atomic mass is 9.86. The minimum atomic E-state index is -0.960. The van der Waals surface area contributed by atoms with E-state index in [4.69, 9.17) is 5.11 Å². The summed E-state index contributed by atoms with van der Waals surface area (Å²) in [6.07, 6.45) is 7.94. The van der Waals surface area contributed by atoms with Gasteiger partial charge in [0.05, 0.1) is 17.8 Å². The molecule has 7 heteroatoms. The van der Waals surface area contributed by atoms with Gasteiger partial charge in [-0.1, -0.05) is 19.3 Å². The fraction of sp³-hybridized carbons (Fsp3) is 0.471. The van der Waals surface area contributed by atoms with Gasteiger partial charge in [-0.05, 0) is 29.9 Å². The largest absolute Gasteiger partial charge is 0.477 e. The second kappa shape index (κ2) is 7.17. The molecule has 2 aromatic rings. The predicted molar refractivity (Wildman–Crippen MR) is 92.6 cm³/mol. The van der Waals surface area contributed by atoms with Gasteiger partial charge in [0.15, 0.2) is 0 Å². The highest BCUT2D eigenvalue weighted by Gasteiger charge is 2.22. The van der Waals surface area contributed by atoms with E-state index in [1.165, 1.54) is 19.3 Å². The lowest BCUT2D eigenvalue weighted by molar-refractivity contribution is -0.115. The second-order valence-electron chi connectivity index (χ2n) is 6.29. The second-order valence-corrected chi connectivity index (χ2v) is 7.20. The van der Waals surface area contributed by atoms with Gasteiger partial charge in [-0.3, -0.25) is 9.48 Å². The van der Waals surface area contributed by atoms with Crippen molar-refractivity contribution < 1.29 is 14.7 Å². The molecule has 2 N–H and O–H groups in total. The molecule has 1 amide bonds. The average molecular weight is 347 g/mol. The number of nitrogens with one attached hydrogen (secondary N) is 1. The molecule has 0 aliphatic heterocycles. The summed E-state index contributed by atoms with van der Waals surface area (Å²) in [7, 11) is 1.86. The summed E-state index contributed by atoms with van der Waals surface area (Å²) < 4.78 is 1.74. The molecule has 3 rings (SSSR count). The molecular weight excluding hydrogens is 326 g/mol. The number of carboxylic acids is 1. The van der Waals surface area contributed by atoms with Gasteiger partial charge in [-0.2, -0.15) is 5.10 Å². The van der Waals surface area contributed by atoms with Crippen molar-refractivity contribution in [3.05, 3.63) is 33.8 Å². The van der Waals surface area contributed by atoms with E-state index in [1.807, 2.05) is 13.2 Å². The minimum absolute atomic E-state index is 0.144. The van der Waals surface area contributed by atoms with Crippen LogP contribution in [0.2, 0.25) is 0 Å². The van der Waals surface area contributed by atoms with E-state index in [2.05, 4.69) is 10.4 Å². The molecule has 0 unspecified atom stereocenters. The molecule has 2 aromatic heterocycles. The quantitative estimate of drug-likeness (QED) is 0.868. The van der Waals surface area contributed by atoms with E-state index in [0.717, 1.165) is 41.1 Å². The van der Waals surface area contributed by atoms with Gasteiger partial charge >= 0.3 is 5.97 Å². The third-order valence-electron chi connectivity index (χ3n) is 4.35. The fourth-order valence-electron chi connectivity index (χ4n) is 3.24. The van der Waals surface area contributed by atoms with Gasteiger partial charge in [0.2, 0.25) is 5.91 Å². The first kappa shape index (κ1) is 16.7. The Morgan fingerprint density at radius 1 is 1.38 bits per heavy atom. The van der Waals surface area contributed by atoms with E-state index in [0.29, 0.717) is 5.92 Å². The molecule has 0 bridgehead atoms. The lowest BCUT2D eigenvalue weighted by Crippen LogP contribution is -2.16. The molecule has 6 nitrogen and oxygen atoms in total. The first-order valence-corrected chi connectivity index (χ1v) is 9.05. The molecule has 1 fully saturated rings. The summed E-state index contributed by atoms with van der Waals surface area (Å²) in [5.74, 6) is -0.691. The Labute approximate surface area is 144 Å². The van der Waals surface area contributed by atoms with Crippen molar-refractivity contribution in [1.29, 1.82) is 0 Å². The molecular formula is C17H21N3O3S. The van der Waals surface area contributed by atoms with E-state index in [-0.39, 0.29) is 17.2 Å². The van der Waals surface area contributed by atoms with Gasteiger partial charge in [-0.25, -0.2) is 4.79 Å². The summed E-state index contributed by atoms with van der Waals surface area (Å²) in [6, 6.07) is 1.55. The van der Waals surface area contributed by atoms with Crippen LogP contribution in [0, 0.1) is 0 Å². The van der Waals surface area contributed by atoms with E-state index in [9.17, 15) is 9.59 Å². The Morgan fingerprint density at radius 3 is 2.79 bits per heavy atom. The SMILES string of the molecule is Cn1cc(NC(=O)Cc2csc(C(=O)O)c2)c(C2CCCCC2)n1. The highest BCUT2D eigenvalue weighted by atomic mass is 32.1. The standard InChI is InChI=1S/C17H21N3O3S/c1-20-9-13(16(19-20)12-5-3-2-4-6-12)18-15(21)8-11-7-14(17(22)23)24-10-11/h7,9-10,12H,2-6,8H2,1H3,(H,18,21)(H,22,23). The number of thiophene rings is 1. The fourth-order valence-corrected chi connectivity index (χ4v) is 3.99. The number of aryl methyl sites for hydroxylation is 1. The summed E-state index contributed by atoms with van der Waals surface area (Å²) in [5.41, 5.74) is 2.48. The molecule has 0 atom stereocenters. The maximum atomic E-state index is 12.3. The van der Waals surface area contributed by atoms with Crippen molar-refractivity contribution in [2.45, 2.75) is 44.4 Å². The van der Waals surface area contributed by atoms with E-state index < -0.39 is 5.97 Å².